The third kappa shape index (κ3) is 6.03. The number of aromatic nitrogens is 1. The van der Waals surface area contributed by atoms with Crippen LogP contribution in [0, 0.1) is 0 Å². The summed E-state index contributed by atoms with van der Waals surface area (Å²) < 4.78 is 0. The van der Waals surface area contributed by atoms with Gasteiger partial charge in [-0.05, 0) is 31.9 Å². The fourth-order valence-corrected chi connectivity index (χ4v) is 1.78. The molecule has 0 saturated carbocycles. The molecule has 1 rings (SSSR count). The molecular formula is C14H19N3O4. The van der Waals surface area contributed by atoms with E-state index in [0.29, 0.717) is 25.1 Å². The number of urea groups is 1. The molecule has 7 nitrogen and oxygen atoms in total. The molecule has 0 aliphatic heterocycles. The molecule has 0 spiro atoms. The Morgan fingerprint density at radius 1 is 1.19 bits per heavy atom. The second kappa shape index (κ2) is 8.68. The largest absolute Gasteiger partial charge is 0.481 e. The average Bonchev–Trinajstić information content (AvgIpc) is 2.45. The number of hydrogen-bond acceptors (Lipinski definition) is 4. The zero-order valence-electron chi connectivity index (χ0n) is 11.9. The minimum atomic E-state index is -0.888. The third-order valence-electron chi connectivity index (χ3n) is 2.83. The Bertz CT molecular complexity index is 490. The molecule has 0 bridgehead atoms. The van der Waals surface area contributed by atoms with Crippen molar-refractivity contribution in [3.63, 3.8) is 0 Å². The highest BCUT2D eigenvalue weighted by Crippen LogP contribution is 2.11. The fourth-order valence-electron chi connectivity index (χ4n) is 1.78. The molecule has 0 radical (unpaired) electrons. The fraction of sp³-hybridized carbons (Fsp3) is 0.429. The molecule has 21 heavy (non-hydrogen) atoms. The van der Waals surface area contributed by atoms with Gasteiger partial charge in [0.2, 0.25) is 5.91 Å². The van der Waals surface area contributed by atoms with Crippen LogP contribution in [0.5, 0.6) is 0 Å². The van der Waals surface area contributed by atoms with E-state index >= 15 is 0 Å². The van der Waals surface area contributed by atoms with Crippen LogP contribution >= 0.6 is 0 Å². The van der Waals surface area contributed by atoms with Crippen LogP contribution < -0.4 is 10.2 Å². The summed E-state index contributed by atoms with van der Waals surface area (Å²) in [7, 11) is 0. The smallest absolute Gasteiger partial charge is 0.328 e. The topological polar surface area (TPSA) is 99.6 Å². The highest BCUT2D eigenvalue weighted by molar-refractivity contribution is 6.02. The molecule has 7 heteroatoms. The molecule has 1 aromatic rings. The van der Waals surface area contributed by atoms with Gasteiger partial charge < -0.3 is 5.11 Å². The lowest BCUT2D eigenvalue weighted by Crippen LogP contribution is -2.42. The van der Waals surface area contributed by atoms with Gasteiger partial charge in [-0.15, -0.1) is 0 Å². The maximum atomic E-state index is 12.0. The minimum absolute atomic E-state index is 0.0271. The van der Waals surface area contributed by atoms with Crippen LogP contribution in [0.2, 0.25) is 0 Å². The van der Waals surface area contributed by atoms with Gasteiger partial charge in [-0.3, -0.25) is 24.8 Å². The first-order valence-corrected chi connectivity index (χ1v) is 6.77. The van der Waals surface area contributed by atoms with Crippen molar-refractivity contribution in [1.29, 1.82) is 0 Å². The van der Waals surface area contributed by atoms with Crippen molar-refractivity contribution < 1.29 is 19.5 Å². The zero-order valence-corrected chi connectivity index (χ0v) is 11.9. The molecule has 0 fully saturated rings. The summed E-state index contributed by atoms with van der Waals surface area (Å²) in [5.74, 6) is -1.29. The summed E-state index contributed by atoms with van der Waals surface area (Å²) in [5, 5.41) is 10.8. The number of carboxylic acids is 1. The number of rotatable bonds is 7. The van der Waals surface area contributed by atoms with Crippen molar-refractivity contribution in [3.8, 4) is 0 Å². The Hall–Kier alpha value is -2.44. The van der Waals surface area contributed by atoms with Crippen LogP contribution in [0.25, 0.3) is 0 Å². The first-order valence-electron chi connectivity index (χ1n) is 6.77. The van der Waals surface area contributed by atoms with E-state index in [0.717, 1.165) is 0 Å². The van der Waals surface area contributed by atoms with Crippen molar-refractivity contribution >= 4 is 23.6 Å². The Labute approximate surface area is 123 Å². The SMILES string of the molecule is CCN(C(=O)NC(=O)CCCCC(=O)O)c1ccncc1. The maximum Gasteiger partial charge on any atom is 0.328 e. The van der Waals surface area contributed by atoms with Crippen LogP contribution in [-0.2, 0) is 9.59 Å². The number of hydrogen-bond donors (Lipinski definition) is 2. The molecule has 2 N–H and O–H groups in total. The van der Waals surface area contributed by atoms with Gasteiger partial charge in [0.1, 0.15) is 0 Å². The van der Waals surface area contributed by atoms with Crippen LogP contribution in [0.1, 0.15) is 32.6 Å². The Morgan fingerprint density at radius 2 is 1.81 bits per heavy atom. The van der Waals surface area contributed by atoms with E-state index in [1.165, 1.54) is 4.90 Å². The minimum Gasteiger partial charge on any atom is -0.481 e. The summed E-state index contributed by atoms with van der Waals surface area (Å²) in [6, 6.07) is 2.87. The van der Waals surface area contributed by atoms with Gasteiger partial charge in [0.15, 0.2) is 0 Å². The summed E-state index contributed by atoms with van der Waals surface area (Å²) in [6.45, 7) is 2.22. The van der Waals surface area contributed by atoms with Crippen LogP contribution in [0.3, 0.4) is 0 Å². The van der Waals surface area contributed by atoms with E-state index in [1.54, 1.807) is 31.5 Å². The van der Waals surface area contributed by atoms with Gasteiger partial charge in [-0.25, -0.2) is 4.79 Å². The first-order chi connectivity index (χ1) is 10.0. The lowest BCUT2D eigenvalue weighted by atomic mass is 10.2. The van der Waals surface area contributed by atoms with Crippen molar-refractivity contribution in [2.24, 2.45) is 0 Å². The second-order valence-electron chi connectivity index (χ2n) is 4.40. The number of pyridine rings is 1. The quantitative estimate of drug-likeness (QED) is 0.747. The second-order valence-corrected chi connectivity index (χ2v) is 4.40. The van der Waals surface area contributed by atoms with Crippen molar-refractivity contribution in [2.45, 2.75) is 32.6 Å². The van der Waals surface area contributed by atoms with Gasteiger partial charge in [0, 0.05) is 37.5 Å². The number of imide groups is 1. The van der Waals surface area contributed by atoms with Crippen molar-refractivity contribution in [2.75, 3.05) is 11.4 Å². The number of carboxylic acid groups (broad SMARTS) is 1. The molecule has 3 amide bonds. The van der Waals surface area contributed by atoms with Gasteiger partial charge in [-0.2, -0.15) is 0 Å². The highest BCUT2D eigenvalue weighted by atomic mass is 16.4. The number of anilines is 1. The Balaban J connectivity index is 2.44. The van der Waals surface area contributed by atoms with Crippen LogP contribution in [0.4, 0.5) is 10.5 Å². The van der Waals surface area contributed by atoms with Gasteiger partial charge in [0.25, 0.3) is 0 Å². The van der Waals surface area contributed by atoms with Crippen molar-refractivity contribution in [1.82, 2.24) is 10.3 Å². The summed E-state index contributed by atoms with van der Waals surface area (Å²) in [6.07, 6.45) is 4.15. The molecular weight excluding hydrogens is 274 g/mol. The number of nitrogens with one attached hydrogen (secondary N) is 1. The normalized spacial score (nSPS) is 9.95. The van der Waals surface area contributed by atoms with E-state index in [4.69, 9.17) is 5.11 Å². The predicted octanol–water partition coefficient (Wildman–Crippen LogP) is 1.79. The molecule has 0 aliphatic carbocycles. The monoisotopic (exact) mass is 293 g/mol. The first kappa shape index (κ1) is 16.6. The highest BCUT2D eigenvalue weighted by Gasteiger charge is 2.16. The van der Waals surface area contributed by atoms with E-state index in [2.05, 4.69) is 10.3 Å². The summed E-state index contributed by atoms with van der Waals surface area (Å²) in [5.41, 5.74) is 0.656. The van der Waals surface area contributed by atoms with Crippen molar-refractivity contribution in [3.05, 3.63) is 24.5 Å². The number of amides is 3. The number of carbonyl (C=O) groups excluding carboxylic acids is 2. The number of aliphatic carboxylic acids is 1. The van der Waals surface area contributed by atoms with E-state index in [-0.39, 0.29) is 12.8 Å². The van der Waals surface area contributed by atoms with E-state index in [9.17, 15) is 14.4 Å². The zero-order chi connectivity index (χ0) is 15.7. The lowest BCUT2D eigenvalue weighted by Gasteiger charge is -2.20. The Morgan fingerprint density at radius 3 is 2.38 bits per heavy atom. The molecule has 114 valence electrons. The van der Waals surface area contributed by atoms with E-state index in [1.807, 2.05) is 0 Å². The molecule has 1 aromatic heterocycles. The number of unbranched alkanes of at least 4 members (excludes halogenated alkanes) is 1. The molecule has 0 aromatic carbocycles. The average molecular weight is 293 g/mol. The van der Waals surface area contributed by atoms with Gasteiger partial charge in [0.05, 0.1) is 0 Å². The van der Waals surface area contributed by atoms with Crippen LogP contribution in [-0.4, -0.2) is 34.5 Å². The molecule has 0 atom stereocenters. The molecule has 0 saturated heterocycles. The Kier molecular flexibility index (Phi) is 6.86. The standard InChI is InChI=1S/C14H19N3O4/c1-2-17(11-7-9-15-10-8-11)14(21)16-12(18)5-3-4-6-13(19)20/h7-10H,2-6H2,1H3,(H,19,20)(H,16,18,21). The number of carbonyl (C=O) groups is 3. The maximum absolute atomic E-state index is 12.0. The van der Waals surface area contributed by atoms with Gasteiger partial charge >= 0.3 is 12.0 Å². The summed E-state index contributed by atoms with van der Waals surface area (Å²) >= 11 is 0. The third-order valence-corrected chi connectivity index (χ3v) is 2.83. The molecule has 0 aliphatic rings. The van der Waals surface area contributed by atoms with Crippen LogP contribution in [0.15, 0.2) is 24.5 Å². The molecule has 1 heterocycles. The lowest BCUT2D eigenvalue weighted by molar-refractivity contribution is -0.137. The van der Waals surface area contributed by atoms with Gasteiger partial charge in [-0.1, -0.05) is 0 Å². The molecule has 0 unspecified atom stereocenters. The summed E-state index contributed by atoms with van der Waals surface area (Å²) in [4.78, 5) is 39.3. The predicted molar refractivity (Wildman–Crippen MR) is 76.9 cm³/mol. The number of nitrogens with zero attached hydrogens (tertiary/aromatic N) is 2. The van der Waals surface area contributed by atoms with E-state index < -0.39 is 17.9 Å².